The monoisotopic (exact) mass is 409 g/mol. The largest absolute Gasteiger partial charge is 0.322 e. The molecule has 1 aromatic rings. The first-order valence-corrected chi connectivity index (χ1v) is 9.94. The molecule has 1 amide bonds. The van der Waals surface area contributed by atoms with Crippen molar-refractivity contribution in [2.45, 2.75) is 6.92 Å². The summed E-state index contributed by atoms with van der Waals surface area (Å²) in [4.78, 5) is 24.0. The quantitative estimate of drug-likeness (QED) is 0.760. The van der Waals surface area contributed by atoms with Crippen LogP contribution < -0.4 is 5.32 Å². The lowest BCUT2D eigenvalue weighted by Gasteiger charge is -2.23. The Morgan fingerprint density at radius 1 is 1.30 bits per heavy atom. The molecule has 1 saturated heterocycles. The van der Waals surface area contributed by atoms with Crippen LogP contribution in [-0.2, 0) is 4.79 Å². The Labute approximate surface area is 177 Å². The molecule has 1 aromatic heterocycles. The van der Waals surface area contributed by atoms with Crippen molar-refractivity contribution in [3.63, 3.8) is 0 Å². The van der Waals surface area contributed by atoms with E-state index >= 15 is 0 Å². The van der Waals surface area contributed by atoms with Crippen molar-refractivity contribution in [3.8, 4) is 0 Å². The number of allylic oxidation sites excluding steroid dienone is 3. The topological polar surface area (TPSA) is 65.5 Å². The van der Waals surface area contributed by atoms with E-state index < -0.39 is 0 Å². The van der Waals surface area contributed by atoms with Gasteiger partial charge in [0.15, 0.2) is 13.1 Å². The Kier molecular flexibility index (Phi) is 4.58. The number of likely N-dealkylation sites (N-methyl/N-ethyl adjacent to an activating group) is 1. The Balaban J connectivity index is 0.00000144. The van der Waals surface area contributed by atoms with E-state index in [-0.39, 0.29) is 20.3 Å². The number of imidazole rings is 1. The van der Waals surface area contributed by atoms with E-state index in [9.17, 15) is 9.18 Å². The van der Waals surface area contributed by atoms with Crippen molar-refractivity contribution in [2.24, 2.45) is 4.99 Å². The molecule has 1 fully saturated rings. The fourth-order valence-electron chi connectivity index (χ4n) is 3.94. The SMILES string of the molecule is CC1=CC=C(F)C2=CC(C(=O)NC3=Cn4ccnc4C(=[N+]4CCN(C)CC4)[CH]3)=N[C]12.[HH].[HH]. The first-order chi connectivity index (χ1) is 14.5. The summed E-state index contributed by atoms with van der Waals surface area (Å²) >= 11 is 0. The standard InChI is InChI=1S/C22H21FN6O.2H2/c1-14-3-4-17(23)16-12-18(26-20(14)16)22(30)25-15-11-19(21-24-5-6-29(21)13-15)28-9-7-27(2)8-10-28;;/h3-6,11-13H,7-10H2,1-2H3;2*1H/p+1. The van der Waals surface area contributed by atoms with Crippen molar-refractivity contribution in [1.29, 1.82) is 0 Å². The van der Waals surface area contributed by atoms with Gasteiger partial charge in [-0.2, -0.15) is 0 Å². The van der Waals surface area contributed by atoms with Gasteiger partial charge in [-0.05, 0) is 31.7 Å². The minimum atomic E-state index is -0.376. The third kappa shape index (κ3) is 3.27. The van der Waals surface area contributed by atoms with E-state index in [2.05, 4.69) is 31.8 Å². The smallest absolute Gasteiger partial charge is 0.273 e. The summed E-state index contributed by atoms with van der Waals surface area (Å²) in [5.41, 5.74) is 3.02. The molecular weight excluding hydrogens is 383 g/mol. The molecular formula is C22H26FN6O+. The lowest BCUT2D eigenvalue weighted by atomic mass is 9.96. The van der Waals surface area contributed by atoms with Crippen LogP contribution in [-0.4, -0.2) is 69.6 Å². The Hall–Kier alpha value is -3.13. The number of rotatable bonds is 2. The van der Waals surface area contributed by atoms with Crippen molar-refractivity contribution in [1.82, 2.24) is 19.8 Å². The highest BCUT2D eigenvalue weighted by Crippen LogP contribution is 2.37. The van der Waals surface area contributed by atoms with Crippen LogP contribution in [0.1, 0.15) is 15.6 Å². The summed E-state index contributed by atoms with van der Waals surface area (Å²) < 4.78 is 18.3. The fourth-order valence-corrected chi connectivity index (χ4v) is 3.94. The number of aromatic nitrogens is 2. The van der Waals surface area contributed by atoms with Crippen LogP contribution in [0.25, 0.3) is 6.20 Å². The van der Waals surface area contributed by atoms with Gasteiger partial charge in [-0.1, -0.05) is 6.08 Å². The second kappa shape index (κ2) is 7.28. The summed E-state index contributed by atoms with van der Waals surface area (Å²) in [5, 5.41) is 2.92. The van der Waals surface area contributed by atoms with E-state index in [1.54, 1.807) is 12.3 Å². The first kappa shape index (κ1) is 18.9. The molecule has 1 aliphatic carbocycles. The van der Waals surface area contributed by atoms with E-state index in [1.807, 2.05) is 30.3 Å². The predicted molar refractivity (Wildman–Crippen MR) is 116 cm³/mol. The molecule has 0 saturated carbocycles. The number of nitrogens with zero attached hydrogens (tertiary/aromatic N) is 5. The van der Waals surface area contributed by atoms with Gasteiger partial charge in [0, 0.05) is 32.7 Å². The van der Waals surface area contributed by atoms with Crippen LogP contribution in [0.5, 0.6) is 0 Å². The van der Waals surface area contributed by atoms with E-state index in [0.717, 1.165) is 43.3 Å². The molecule has 7 nitrogen and oxygen atoms in total. The number of hydrogen-bond acceptors (Lipinski definition) is 4. The molecule has 0 spiro atoms. The summed E-state index contributed by atoms with van der Waals surface area (Å²) in [6, 6.07) is 0.517. The molecule has 0 atom stereocenters. The maximum Gasteiger partial charge on any atom is 0.273 e. The van der Waals surface area contributed by atoms with Gasteiger partial charge in [0.1, 0.15) is 24.0 Å². The minimum Gasteiger partial charge on any atom is -0.322 e. The highest BCUT2D eigenvalue weighted by Gasteiger charge is 2.33. The molecule has 156 valence electrons. The van der Waals surface area contributed by atoms with Crippen LogP contribution in [0, 0.1) is 12.5 Å². The molecule has 0 bridgehead atoms. The normalized spacial score (nSPS) is 21.9. The minimum absolute atomic E-state index is 0. The van der Waals surface area contributed by atoms with Gasteiger partial charge in [-0.3, -0.25) is 14.7 Å². The zero-order chi connectivity index (χ0) is 20.8. The number of amides is 1. The number of hydrogen-bond donors (Lipinski definition) is 1. The zero-order valence-corrected chi connectivity index (χ0v) is 16.9. The highest BCUT2D eigenvalue weighted by molar-refractivity contribution is 6.45. The molecule has 2 radical (unpaired) electrons. The van der Waals surface area contributed by atoms with Crippen LogP contribution in [0.2, 0.25) is 0 Å². The summed E-state index contributed by atoms with van der Waals surface area (Å²) in [6.45, 7) is 5.58. The van der Waals surface area contributed by atoms with Crippen LogP contribution in [0.3, 0.4) is 0 Å². The van der Waals surface area contributed by atoms with Crippen LogP contribution in [0.4, 0.5) is 4.39 Å². The number of carbonyl (C=O) groups is 1. The Morgan fingerprint density at radius 3 is 2.87 bits per heavy atom. The number of aliphatic imine (C=N–C) groups is 1. The third-order valence-corrected chi connectivity index (χ3v) is 5.68. The van der Waals surface area contributed by atoms with Gasteiger partial charge in [0.05, 0.1) is 13.1 Å². The van der Waals surface area contributed by atoms with Gasteiger partial charge >= 0.3 is 0 Å². The predicted octanol–water partition coefficient (Wildman–Crippen LogP) is 1.98. The summed E-state index contributed by atoms with van der Waals surface area (Å²) in [7, 11) is 2.11. The van der Waals surface area contributed by atoms with E-state index in [4.69, 9.17) is 0 Å². The molecule has 0 aromatic carbocycles. The van der Waals surface area contributed by atoms with Crippen LogP contribution in [0.15, 0.2) is 58.3 Å². The lowest BCUT2D eigenvalue weighted by Crippen LogP contribution is -2.44. The Morgan fingerprint density at radius 2 is 2.10 bits per heavy atom. The number of carbonyl (C=O) groups excluding carboxylic acids is 1. The number of nitrogens with one attached hydrogen (secondary N) is 1. The van der Waals surface area contributed by atoms with Gasteiger partial charge in [-0.25, -0.2) is 13.9 Å². The second-order valence-corrected chi connectivity index (χ2v) is 7.78. The van der Waals surface area contributed by atoms with Crippen molar-refractivity contribution in [3.05, 3.63) is 71.6 Å². The number of piperazine rings is 1. The number of halogens is 1. The average Bonchev–Trinajstić information content (AvgIpc) is 3.39. The maximum atomic E-state index is 14.1. The molecule has 1 N–H and O–H groups in total. The first-order valence-electron chi connectivity index (χ1n) is 9.94. The molecule has 4 aliphatic rings. The molecule has 30 heavy (non-hydrogen) atoms. The molecule has 8 heteroatoms. The molecule has 0 unspecified atom stereocenters. The van der Waals surface area contributed by atoms with E-state index in [1.165, 1.54) is 12.2 Å². The zero-order valence-electron chi connectivity index (χ0n) is 16.9. The van der Waals surface area contributed by atoms with Gasteiger partial charge in [-0.15, -0.1) is 0 Å². The maximum absolute atomic E-state index is 14.1. The van der Waals surface area contributed by atoms with E-state index in [0.29, 0.717) is 17.3 Å². The summed E-state index contributed by atoms with van der Waals surface area (Å²) in [5.74, 6) is 0.112. The molecule has 4 heterocycles. The molecule has 3 aliphatic heterocycles. The summed E-state index contributed by atoms with van der Waals surface area (Å²) in [6.07, 6.45) is 12.0. The molecule has 5 rings (SSSR count). The fraction of sp³-hybridized carbons (Fsp3) is 0.273. The average molecular weight is 409 g/mol. The Bertz CT molecular complexity index is 1120. The van der Waals surface area contributed by atoms with Crippen molar-refractivity contribution < 1.29 is 16.6 Å². The highest BCUT2D eigenvalue weighted by atomic mass is 19.1. The van der Waals surface area contributed by atoms with Gasteiger partial charge in [0.25, 0.3) is 5.91 Å². The van der Waals surface area contributed by atoms with Crippen LogP contribution >= 0.6 is 0 Å². The third-order valence-electron chi connectivity index (χ3n) is 5.68. The van der Waals surface area contributed by atoms with Gasteiger partial charge < -0.3 is 9.88 Å². The number of fused-ring (bicyclic) bond motifs is 2. The van der Waals surface area contributed by atoms with Gasteiger partial charge in [0.2, 0.25) is 11.5 Å². The second-order valence-electron chi connectivity index (χ2n) is 7.78. The van der Waals surface area contributed by atoms with Crippen molar-refractivity contribution >= 4 is 23.5 Å². The lowest BCUT2D eigenvalue weighted by molar-refractivity contribution is -0.538. The van der Waals surface area contributed by atoms with Crippen molar-refractivity contribution in [2.75, 3.05) is 33.2 Å².